The summed E-state index contributed by atoms with van der Waals surface area (Å²) in [5.74, 6) is -1.60. The number of hydrogen-bond donors (Lipinski definition) is 2. The number of aliphatic hydroxyl groups excluding tert-OH is 1. The van der Waals surface area contributed by atoms with Crippen LogP contribution in [-0.2, 0) is 19.1 Å². The Balaban J connectivity index is 4.40. The molecular weight excluding hydrogens is 246 g/mol. The molecular formula is C10H17NO5S. The molecule has 0 aliphatic heterocycles. The molecule has 0 aromatic carbocycles. The summed E-state index contributed by atoms with van der Waals surface area (Å²) in [4.78, 5) is 33.4. The molecule has 2 N–H and O–H groups in total. The van der Waals surface area contributed by atoms with Crippen molar-refractivity contribution in [3.8, 4) is 0 Å². The molecule has 0 bridgehead atoms. The van der Waals surface area contributed by atoms with Crippen molar-refractivity contribution in [3.05, 3.63) is 0 Å². The Morgan fingerprint density at radius 3 is 2.35 bits per heavy atom. The summed E-state index contributed by atoms with van der Waals surface area (Å²) in [7, 11) is 0. The largest absolute Gasteiger partial charge is 0.390 e. The van der Waals surface area contributed by atoms with Gasteiger partial charge in [0.05, 0.1) is 0 Å². The first kappa shape index (κ1) is 15.9. The SMILES string of the molecule is CSCC[C@H](NC(C)=O)C(=O)OC(=O)C(C)O. The van der Waals surface area contributed by atoms with Crippen LogP contribution in [0.4, 0.5) is 0 Å². The van der Waals surface area contributed by atoms with E-state index in [0.29, 0.717) is 12.2 Å². The molecule has 0 aromatic heterocycles. The fourth-order valence-electron chi connectivity index (χ4n) is 0.986. The second-order valence-corrected chi connectivity index (χ2v) is 4.44. The summed E-state index contributed by atoms with van der Waals surface area (Å²) < 4.78 is 4.42. The van der Waals surface area contributed by atoms with Gasteiger partial charge in [0, 0.05) is 6.92 Å². The van der Waals surface area contributed by atoms with Gasteiger partial charge in [0.15, 0.2) is 0 Å². The van der Waals surface area contributed by atoms with Crippen molar-refractivity contribution < 1.29 is 24.2 Å². The van der Waals surface area contributed by atoms with E-state index >= 15 is 0 Å². The zero-order valence-corrected chi connectivity index (χ0v) is 10.9. The number of carbonyl (C=O) groups is 3. The number of amides is 1. The standard InChI is InChI=1S/C10H17NO5S/c1-6(12)9(14)16-10(15)8(4-5-17-3)11-7(2)13/h6,8,12H,4-5H2,1-3H3,(H,11,13)/t6?,8-/m0/s1. The third kappa shape index (κ3) is 6.96. The summed E-state index contributed by atoms with van der Waals surface area (Å²) >= 11 is 1.51. The van der Waals surface area contributed by atoms with Crippen LogP contribution in [0.2, 0.25) is 0 Å². The first-order valence-electron chi connectivity index (χ1n) is 5.08. The lowest BCUT2D eigenvalue weighted by atomic mass is 10.2. The van der Waals surface area contributed by atoms with Crippen LogP contribution in [0.25, 0.3) is 0 Å². The smallest absolute Gasteiger partial charge is 0.342 e. The van der Waals surface area contributed by atoms with E-state index in [2.05, 4.69) is 10.1 Å². The maximum Gasteiger partial charge on any atom is 0.342 e. The second-order valence-electron chi connectivity index (χ2n) is 3.45. The van der Waals surface area contributed by atoms with Crippen molar-refractivity contribution in [1.29, 1.82) is 0 Å². The molecule has 6 nitrogen and oxygen atoms in total. The number of esters is 2. The van der Waals surface area contributed by atoms with Crippen molar-refractivity contribution in [3.63, 3.8) is 0 Å². The van der Waals surface area contributed by atoms with Crippen molar-refractivity contribution in [2.75, 3.05) is 12.0 Å². The maximum absolute atomic E-state index is 11.5. The van der Waals surface area contributed by atoms with E-state index in [1.807, 2.05) is 6.26 Å². The summed E-state index contributed by atoms with van der Waals surface area (Å²) in [6, 6.07) is -0.859. The van der Waals surface area contributed by atoms with Crippen LogP contribution in [0.3, 0.4) is 0 Å². The van der Waals surface area contributed by atoms with Crippen LogP contribution in [-0.4, -0.2) is 47.1 Å². The molecule has 0 saturated heterocycles. The van der Waals surface area contributed by atoms with E-state index in [4.69, 9.17) is 5.11 Å². The van der Waals surface area contributed by atoms with Crippen LogP contribution in [0.1, 0.15) is 20.3 Å². The van der Waals surface area contributed by atoms with Crippen LogP contribution in [0, 0.1) is 0 Å². The molecule has 0 saturated carbocycles. The van der Waals surface area contributed by atoms with Gasteiger partial charge in [-0.25, -0.2) is 9.59 Å². The van der Waals surface area contributed by atoms with Gasteiger partial charge < -0.3 is 15.2 Å². The number of aliphatic hydroxyl groups is 1. The highest BCUT2D eigenvalue weighted by molar-refractivity contribution is 7.98. The van der Waals surface area contributed by atoms with E-state index < -0.39 is 24.1 Å². The monoisotopic (exact) mass is 263 g/mol. The lowest BCUT2D eigenvalue weighted by Gasteiger charge is -2.15. The summed E-state index contributed by atoms with van der Waals surface area (Å²) in [5.41, 5.74) is 0. The predicted molar refractivity (Wildman–Crippen MR) is 63.4 cm³/mol. The molecule has 7 heteroatoms. The molecule has 1 unspecified atom stereocenters. The Morgan fingerprint density at radius 1 is 1.35 bits per heavy atom. The van der Waals surface area contributed by atoms with Crippen molar-refractivity contribution >= 4 is 29.6 Å². The van der Waals surface area contributed by atoms with Crippen molar-refractivity contribution in [2.24, 2.45) is 0 Å². The van der Waals surface area contributed by atoms with Gasteiger partial charge in [-0.2, -0.15) is 11.8 Å². The Morgan fingerprint density at radius 2 is 1.94 bits per heavy atom. The third-order valence-electron chi connectivity index (χ3n) is 1.81. The average Bonchev–Trinajstić information content (AvgIpc) is 2.23. The van der Waals surface area contributed by atoms with E-state index in [-0.39, 0.29) is 5.91 Å². The minimum atomic E-state index is -1.36. The highest BCUT2D eigenvalue weighted by atomic mass is 32.2. The van der Waals surface area contributed by atoms with Gasteiger partial charge in [-0.3, -0.25) is 4.79 Å². The first-order valence-corrected chi connectivity index (χ1v) is 6.47. The first-order chi connectivity index (χ1) is 7.88. The topological polar surface area (TPSA) is 92.7 Å². The fraction of sp³-hybridized carbons (Fsp3) is 0.700. The lowest BCUT2D eigenvalue weighted by Crippen LogP contribution is -2.42. The van der Waals surface area contributed by atoms with E-state index in [1.165, 1.54) is 25.6 Å². The second kappa shape index (κ2) is 8.08. The molecule has 0 spiro atoms. The lowest BCUT2D eigenvalue weighted by molar-refractivity contribution is -0.167. The Labute approximate surface area is 104 Å². The molecule has 0 heterocycles. The number of hydrogen-bond acceptors (Lipinski definition) is 6. The molecule has 1 amide bonds. The number of rotatable bonds is 6. The normalized spacial score (nSPS) is 13.6. The molecule has 0 aromatic rings. The van der Waals surface area contributed by atoms with Crippen molar-refractivity contribution in [1.82, 2.24) is 5.32 Å². The Hall–Kier alpha value is -1.08. The minimum absolute atomic E-state index is 0.368. The molecule has 98 valence electrons. The molecule has 17 heavy (non-hydrogen) atoms. The van der Waals surface area contributed by atoms with Crippen LogP contribution >= 0.6 is 11.8 Å². The third-order valence-corrected chi connectivity index (χ3v) is 2.46. The van der Waals surface area contributed by atoms with Crippen molar-refractivity contribution in [2.45, 2.75) is 32.4 Å². The Bertz CT molecular complexity index is 292. The minimum Gasteiger partial charge on any atom is -0.390 e. The Kier molecular flexibility index (Phi) is 7.56. The van der Waals surface area contributed by atoms with Crippen LogP contribution in [0.5, 0.6) is 0 Å². The zero-order valence-electron chi connectivity index (χ0n) is 10.1. The summed E-state index contributed by atoms with van der Waals surface area (Å²) in [6.07, 6.45) is 0.863. The molecule has 0 rings (SSSR count). The fourth-order valence-corrected chi connectivity index (χ4v) is 1.46. The number of nitrogens with one attached hydrogen (secondary N) is 1. The van der Waals surface area contributed by atoms with Gasteiger partial charge in [-0.05, 0) is 25.4 Å². The molecule has 0 aliphatic rings. The van der Waals surface area contributed by atoms with Gasteiger partial charge in [0.25, 0.3) is 0 Å². The van der Waals surface area contributed by atoms with E-state index in [0.717, 1.165) is 0 Å². The van der Waals surface area contributed by atoms with Gasteiger partial charge in [0.1, 0.15) is 12.1 Å². The molecule has 0 aliphatic carbocycles. The highest BCUT2D eigenvalue weighted by Gasteiger charge is 2.24. The maximum atomic E-state index is 11.5. The number of thioether (sulfide) groups is 1. The van der Waals surface area contributed by atoms with Gasteiger partial charge in [-0.1, -0.05) is 0 Å². The number of ether oxygens (including phenoxy) is 1. The summed E-state index contributed by atoms with van der Waals surface area (Å²) in [6.45, 7) is 2.47. The van der Waals surface area contributed by atoms with Gasteiger partial charge >= 0.3 is 11.9 Å². The van der Waals surface area contributed by atoms with E-state index in [1.54, 1.807) is 0 Å². The molecule has 0 fully saturated rings. The van der Waals surface area contributed by atoms with E-state index in [9.17, 15) is 14.4 Å². The molecule has 0 radical (unpaired) electrons. The average molecular weight is 263 g/mol. The highest BCUT2D eigenvalue weighted by Crippen LogP contribution is 2.03. The zero-order chi connectivity index (χ0) is 13.4. The summed E-state index contributed by atoms with van der Waals surface area (Å²) in [5, 5.41) is 11.3. The quantitative estimate of drug-likeness (QED) is 0.504. The number of carbonyl (C=O) groups excluding carboxylic acids is 3. The molecule has 2 atom stereocenters. The van der Waals surface area contributed by atoms with Gasteiger partial charge in [-0.15, -0.1) is 0 Å². The van der Waals surface area contributed by atoms with Crippen LogP contribution in [0.15, 0.2) is 0 Å². The van der Waals surface area contributed by atoms with Crippen LogP contribution < -0.4 is 5.32 Å². The predicted octanol–water partition coefficient (Wildman–Crippen LogP) is -0.305. The van der Waals surface area contributed by atoms with Gasteiger partial charge in [0.2, 0.25) is 5.91 Å².